The molecule has 0 radical (unpaired) electrons. The SMILES string of the molecule is CC(Sc1ncnc2c1cnn2-c1ccccc1)C(=O)Nc1ccccc1-c1ccccc1. The first kappa shape index (κ1) is 20.9. The van der Waals surface area contributed by atoms with Crippen LogP contribution in [0.4, 0.5) is 5.69 Å². The number of nitrogens with zero attached hydrogens (tertiary/aromatic N) is 4. The van der Waals surface area contributed by atoms with E-state index in [1.54, 1.807) is 10.9 Å². The number of rotatable bonds is 6. The first-order valence-electron chi connectivity index (χ1n) is 10.6. The lowest BCUT2D eigenvalue weighted by Crippen LogP contribution is -2.22. The van der Waals surface area contributed by atoms with Crippen molar-refractivity contribution in [3.63, 3.8) is 0 Å². The zero-order valence-electron chi connectivity index (χ0n) is 17.9. The Balaban J connectivity index is 1.37. The molecule has 33 heavy (non-hydrogen) atoms. The van der Waals surface area contributed by atoms with Gasteiger partial charge in [0.1, 0.15) is 11.4 Å². The Morgan fingerprint density at radius 1 is 0.909 bits per heavy atom. The molecule has 0 saturated heterocycles. The van der Waals surface area contributed by atoms with E-state index in [4.69, 9.17) is 0 Å². The van der Waals surface area contributed by atoms with Gasteiger partial charge in [0.15, 0.2) is 5.65 Å². The first-order valence-corrected chi connectivity index (χ1v) is 11.4. The van der Waals surface area contributed by atoms with Gasteiger partial charge in [-0.15, -0.1) is 0 Å². The van der Waals surface area contributed by atoms with E-state index in [2.05, 4.69) is 20.4 Å². The number of hydrogen-bond acceptors (Lipinski definition) is 5. The molecule has 0 aliphatic carbocycles. The van der Waals surface area contributed by atoms with Crippen LogP contribution in [0.5, 0.6) is 0 Å². The van der Waals surface area contributed by atoms with Gasteiger partial charge < -0.3 is 5.32 Å². The summed E-state index contributed by atoms with van der Waals surface area (Å²) < 4.78 is 1.78. The Labute approximate surface area is 195 Å². The van der Waals surface area contributed by atoms with Gasteiger partial charge in [0.25, 0.3) is 0 Å². The predicted octanol–water partition coefficient (Wildman–Crippen LogP) is 5.60. The molecule has 3 aromatic carbocycles. The summed E-state index contributed by atoms with van der Waals surface area (Å²) in [7, 11) is 0. The molecule has 2 heterocycles. The molecule has 0 fully saturated rings. The molecule has 0 saturated carbocycles. The van der Waals surface area contributed by atoms with Gasteiger partial charge >= 0.3 is 0 Å². The number of carbonyl (C=O) groups excluding carboxylic acids is 1. The van der Waals surface area contributed by atoms with Crippen LogP contribution in [0.1, 0.15) is 6.92 Å². The Morgan fingerprint density at radius 2 is 1.61 bits per heavy atom. The zero-order valence-corrected chi connectivity index (χ0v) is 18.7. The van der Waals surface area contributed by atoms with Crippen molar-refractivity contribution in [2.75, 3.05) is 5.32 Å². The molecule has 0 bridgehead atoms. The van der Waals surface area contributed by atoms with Crippen LogP contribution in [0.25, 0.3) is 27.8 Å². The van der Waals surface area contributed by atoms with Crippen molar-refractivity contribution < 1.29 is 4.79 Å². The Bertz CT molecular complexity index is 1400. The molecule has 1 atom stereocenters. The van der Waals surface area contributed by atoms with Crippen LogP contribution in [0.3, 0.4) is 0 Å². The maximum atomic E-state index is 13.1. The lowest BCUT2D eigenvalue weighted by atomic mass is 10.0. The average Bonchev–Trinajstić information content (AvgIpc) is 3.31. The lowest BCUT2D eigenvalue weighted by molar-refractivity contribution is -0.115. The fourth-order valence-corrected chi connectivity index (χ4v) is 4.47. The van der Waals surface area contributed by atoms with Crippen molar-refractivity contribution in [2.24, 2.45) is 0 Å². The first-order chi connectivity index (χ1) is 16.2. The highest BCUT2D eigenvalue weighted by Crippen LogP contribution is 2.31. The average molecular weight is 452 g/mol. The van der Waals surface area contributed by atoms with Crippen molar-refractivity contribution in [2.45, 2.75) is 17.2 Å². The van der Waals surface area contributed by atoms with Crippen LogP contribution in [-0.2, 0) is 4.79 Å². The number of amides is 1. The summed E-state index contributed by atoms with van der Waals surface area (Å²) in [5.74, 6) is -0.0920. The van der Waals surface area contributed by atoms with E-state index >= 15 is 0 Å². The molecule has 0 aliphatic heterocycles. The number of carbonyl (C=O) groups is 1. The molecule has 5 aromatic rings. The minimum atomic E-state index is -0.369. The predicted molar refractivity (Wildman–Crippen MR) is 132 cm³/mol. The van der Waals surface area contributed by atoms with Gasteiger partial charge in [0.05, 0.1) is 22.5 Å². The third kappa shape index (κ3) is 4.36. The summed E-state index contributed by atoms with van der Waals surface area (Å²) in [5.41, 5.74) is 4.45. The van der Waals surface area contributed by atoms with Gasteiger partial charge in [0, 0.05) is 11.3 Å². The van der Waals surface area contributed by atoms with E-state index in [0.717, 1.165) is 32.9 Å². The summed E-state index contributed by atoms with van der Waals surface area (Å²) in [6.07, 6.45) is 3.26. The zero-order chi connectivity index (χ0) is 22.6. The smallest absolute Gasteiger partial charge is 0.237 e. The van der Waals surface area contributed by atoms with Crippen molar-refractivity contribution in [1.82, 2.24) is 19.7 Å². The fourth-order valence-electron chi connectivity index (χ4n) is 3.59. The van der Waals surface area contributed by atoms with Crippen LogP contribution in [-0.4, -0.2) is 30.9 Å². The molecule has 5 rings (SSSR count). The van der Waals surface area contributed by atoms with Gasteiger partial charge in [-0.05, 0) is 30.7 Å². The van der Waals surface area contributed by atoms with Crippen LogP contribution in [0.15, 0.2) is 102 Å². The Hall–Kier alpha value is -3.97. The number of aromatic nitrogens is 4. The van der Waals surface area contributed by atoms with Crippen LogP contribution >= 0.6 is 11.8 Å². The number of nitrogens with one attached hydrogen (secondary N) is 1. The van der Waals surface area contributed by atoms with E-state index in [0.29, 0.717) is 5.65 Å². The highest BCUT2D eigenvalue weighted by molar-refractivity contribution is 8.00. The maximum absolute atomic E-state index is 13.1. The molecular weight excluding hydrogens is 430 g/mol. The molecule has 2 aromatic heterocycles. The molecule has 1 amide bonds. The Morgan fingerprint density at radius 3 is 2.39 bits per heavy atom. The molecular formula is C26H21N5OS. The Kier molecular flexibility index (Phi) is 5.87. The fraction of sp³-hybridized carbons (Fsp3) is 0.0769. The monoisotopic (exact) mass is 451 g/mol. The second-order valence-electron chi connectivity index (χ2n) is 7.47. The minimum Gasteiger partial charge on any atom is -0.325 e. The third-order valence-electron chi connectivity index (χ3n) is 5.26. The number of benzene rings is 3. The largest absolute Gasteiger partial charge is 0.325 e. The second-order valence-corrected chi connectivity index (χ2v) is 8.80. The normalized spacial score (nSPS) is 11.9. The minimum absolute atomic E-state index is 0.0920. The highest BCUT2D eigenvalue weighted by atomic mass is 32.2. The van der Waals surface area contributed by atoms with E-state index < -0.39 is 0 Å². The molecule has 1 N–H and O–H groups in total. The van der Waals surface area contributed by atoms with Gasteiger partial charge in [-0.3, -0.25) is 4.79 Å². The summed E-state index contributed by atoms with van der Waals surface area (Å²) in [4.78, 5) is 21.9. The standard InChI is InChI=1S/C26H21N5OS/c1-18(25(32)30-23-15-9-8-14-21(23)19-10-4-2-5-11-19)33-26-22-16-29-31(24(22)27-17-28-26)20-12-6-3-7-13-20/h2-18H,1H3,(H,30,32). The van der Waals surface area contributed by atoms with E-state index in [9.17, 15) is 4.79 Å². The van der Waals surface area contributed by atoms with E-state index in [-0.39, 0.29) is 11.2 Å². The molecule has 0 aliphatic rings. The number of anilines is 1. The number of hydrogen-bond donors (Lipinski definition) is 1. The maximum Gasteiger partial charge on any atom is 0.237 e. The molecule has 1 unspecified atom stereocenters. The summed E-state index contributed by atoms with van der Waals surface area (Å²) in [6, 6.07) is 27.7. The number of fused-ring (bicyclic) bond motifs is 1. The molecule has 7 heteroatoms. The number of thioether (sulfide) groups is 1. The van der Waals surface area contributed by atoms with Crippen molar-refractivity contribution in [3.8, 4) is 16.8 Å². The van der Waals surface area contributed by atoms with Gasteiger partial charge in [-0.2, -0.15) is 5.10 Å². The van der Waals surface area contributed by atoms with Crippen LogP contribution < -0.4 is 5.32 Å². The van der Waals surface area contributed by atoms with Gasteiger partial charge in [0.2, 0.25) is 5.91 Å². The summed E-state index contributed by atoms with van der Waals surface area (Å²) in [5, 5.41) is 8.75. The van der Waals surface area contributed by atoms with E-state index in [1.807, 2.05) is 91.9 Å². The molecule has 6 nitrogen and oxygen atoms in total. The molecule has 162 valence electrons. The van der Waals surface area contributed by atoms with Crippen molar-refractivity contribution in [3.05, 3.63) is 97.5 Å². The quantitative estimate of drug-likeness (QED) is 0.269. The molecule has 0 spiro atoms. The van der Waals surface area contributed by atoms with Crippen molar-refractivity contribution >= 4 is 34.4 Å². The van der Waals surface area contributed by atoms with Crippen molar-refractivity contribution in [1.29, 1.82) is 0 Å². The second kappa shape index (κ2) is 9.26. The van der Waals surface area contributed by atoms with E-state index in [1.165, 1.54) is 18.1 Å². The highest BCUT2D eigenvalue weighted by Gasteiger charge is 2.20. The van der Waals surface area contributed by atoms with Gasteiger partial charge in [-0.1, -0.05) is 78.5 Å². The summed E-state index contributed by atoms with van der Waals surface area (Å²) >= 11 is 1.39. The number of para-hydroxylation sites is 2. The topological polar surface area (TPSA) is 72.7 Å². The van der Waals surface area contributed by atoms with Gasteiger partial charge in [-0.25, -0.2) is 14.6 Å². The van der Waals surface area contributed by atoms with Crippen LogP contribution in [0.2, 0.25) is 0 Å². The van der Waals surface area contributed by atoms with Crippen LogP contribution in [0, 0.1) is 0 Å². The third-order valence-corrected chi connectivity index (χ3v) is 6.37. The lowest BCUT2D eigenvalue weighted by Gasteiger charge is -2.15. The summed E-state index contributed by atoms with van der Waals surface area (Å²) in [6.45, 7) is 1.88.